The second-order valence-corrected chi connectivity index (χ2v) is 10.3. The Morgan fingerprint density at radius 3 is 2.67 bits per heavy atom. The molecule has 0 unspecified atom stereocenters. The quantitative estimate of drug-likeness (QED) is 0.383. The molecule has 7 rings (SSSR count). The molecule has 1 aromatic heterocycles. The predicted octanol–water partition coefficient (Wildman–Crippen LogP) is 4.57. The highest BCUT2D eigenvalue weighted by atomic mass is 16.5. The van der Waals surface area contributed by atoms with Crippen molar-refractivity contribution in [2.45, 2.75) is 32.2 Å². The number of likely N-dealkylation sites (N-methyl/N-ethyl adjacent to an activating group) is 1. The van der Waals surface area contributed by atoms with Crippen molar-refractivity contribution in [3.63, 3.8) is 0 Å². The van der Waals surface area contributed by atoms with Crippen molar-refractivity contribution >= 4 is 17.4 Å². The minimum atomic E-state index is -1.81. The first-order chi connectivity index (χ1) is 19.4. The summed E-state index contributed by atoms with van der Waals surface area (Å²) < 4.78 is 17.7. The summed E-state index contributed by atoms with van der Waals surface area (Å²) in [6.45, 7) is 4.55. The lowest BCUT2D eigenvalue weighted by Crippen LogP contribution is -2.45. The van der Waals surface area contributed by atoms with E-state index in [1.165, 1.54) is 0 Å². The van der Waals surface area contributed by atoms with E-state index in [1.54, 1.807) is 53.6 Å². The van der Waals surface area contributed by atoms with Gasteiger partial charge in [-0.1, -0.05) is 29.8 Å². The molecule has 0 saturated heterocycles. The fraction of sp³-hybridized carbons (Fsp3) is 0.219. The van der Waals surface area contributed by atoms with Gasteiger partial charge in [0.15, 0.2) is 18.3 Å². The smallest absolute Gasteiger partial charge is 0.265 e. The molecule has 2 atom stereocenters. The van der Waals surface area contributed by atoms with Crippen molar-refractivity contribution < 1.29 is 28.9 Å². The molecular formula is C32H26N2O6. The number of aliphatic hydroxyl groups is 1. The van der Waals surface area contributed by atoms with Gasteiger partial charge in [-0.15, -0.1) is 0 Å². The van der Waals surface area contributed by atoms with Crippen molar-refractivity contribution in [2.24, 2.45) is 0 Å². The number of anilines is 1. The van der Waals surface area contributed by atoms with Crippen LogP contribution in [0.15, 0.2) is 72.9 Å². The Hall–Kier alpha value is -4.69. The number of aryl methyl sites for hydroxylation is 1. The number of pyridine rings is 1. The average Bonchev–Trinajstić information content (AvgIpc) is 3.29. The zero-order valence-corrected chi connectivity index (χ0v) is 22.0. The van der Waals surface area contributed by atoms with E-state index in [2.05, 4.69) is 0 Å². The van der Waals surface area contributed by atoms with Gasteiger partial charge in [-0.3, -0.25) is 14.6 Å². The zero-order chi connectivity index (χ0) is 27.6. The molecule has 8 heteroatoms. The molecule has 3 aliphatic heterocycles. The van der Waals surface area contributed by atoms with Gasteiger partial charge in [0.1, 0.15) is 23.9 Å². The van der Waals surface area contributed by atoms with Gasteiger partial charge in [0.2, 0.25) is 5.78 Å². The standard InChI is InChI=1S/C32H26N2O6/c1-3-34-24-14-19(9-11-27(24)39-17-28(34)35)30(36)31-32(37,23-6-4-5-7-26(23)40-31)21-13-20-16-38-25-10-8-18(2)12-22(25)29(20)33-15-21/h4-15,31,37H,3,16-17H2,1-2H3/t31-,32-/m0/s1. The summed E-state index contributed by atoms with van der Waals surface area (Å²) in [7, 11) is 0. The van der Waals surface area contributed by atoms with Crippen molar-refractivity contribution in [3.8, 4) is 28.5 Å². The number of para-hydroxylation sites is 1. The number of hydrogen-bond donors (Lipinski definition) is 1. The summed E-state index contributed by atoms with van der Waals surface area (Å²) in [6, 6.07) is 19.8. The van der Waals surface area contributed by atoms with Gasteiger partial charge in [-0.05, 0) is 56.3 Å². The van der Waals surface area contributed by atoms with Crippen LogP contribution in [-0.4, -0.2) is 41.0 Å². The molecular weight excluding hydrogens is 508 g/mol. The molecule has 40 heavy (non-hydrogen) atoms. The molecule has 3 aromatic carbocycles. The van der Waals surface area contributed by atoms with Crippen molar-refractivity contribution in [1.29, 1.82) is 0 Å². The number of benzene rings is 3. The maximum Gasteiger partial charge on any atom is 0.265 e. The van der Waals surface area contributed by atoms with E-state index in [-0.39, 0.29) is 19.1 Å². The topological polar surface area (TPSA) is 98.2 Å². The molecule has 1 N–H and O–H groups in total. The van der Waals surface area contributed by atoms with E-state index in [0.29, 0.717) is 40.4 Å². The zero-order valence-electron chi connectivity index (χ0n) is 22.0. The Balaban J connectivity index is 1.32. The molecule has 0 spiro atoms. The summed E-state index contributed by atoms with van der Waals surface area (Å²) in [4.78, 5) is 32.8. The summed E-state index contributed by atoms with van der Waals surface area (Å²) in [5.74, 6) is 1.10. The van der Waals surface area contributed by atoms with E-state index >= 15 is 0 Å². The highest BCUT2D eigenvalue weighted by Gasteiger charge is 2.53. The lowest BCUT2D eigenvalue weighted by molar-refractivity contribution is -0.121. The van der Waals surface area contributed by atoms with Crippen LogP contribution in [0.5, 0.6) is 17.2 Å². The Kier molecular flexibility index (Phi) is 5.43. The first-order valence-corrected chi connectivity index (χ1v) is 13.2. The van der Waals surface area contributed by atoms with Crippen LogP contribution in [0.1, 0.15) is 39.5 Å². The van der Waals surface area contributed by atoms with Crippen LogP contribution in [0.3, 0.4) is 0 Å². The summed E-state index contributed by atoms with van der Waals surface area (Å²) >= 11 is 0. The van der Waals surface area contributed by atoms with Crippen molar-refractivity contribution in [2.75, 3.05) is 18.1 Å². The van der Waals surface area contributed by atoms with Gasteiger partial charge in [-0.2, -0.15) is 0 Å². The normalized spacial score (nSPS) is 20.3. The molecule has 4 aromatic rings. The SMILES string of the molecule is CCN1C(=O)COc2ccc(C(=O)[C@@H]3Oc4ccccc4[C@@]3(O)c3cnc4c(c3)COc3ccc(C)cc3-4)cc21. The fourth-order valence-corrected chi connectivity index (χ4v) is 5.82. The molecule has 0 bridgehead atoms. The van der Waals surface area contributed by atoms with Crippen LogP contribution in [0, 0.1) is 6.92 Å². The van der Waals surface area contributed by atoms with Crippen LogP contribution in [0.2, 0.25) is 0 Å². The number of fused-ring (bicyclic) bond motifs is 5. The molecule has 0 fully saturated rings. The number of carbonyl (C=O) groups is 2. The van der Waals surface area contributed by atoms with Crippen LogP contribution < -0.4 is 19.1 Å². The summed E-state index contributed by atoms with van der Waals surface area (Å²) in [6.07, 6.45) is 0.331. The molecule has 8 nitrogen and oxygen atoms in total. The second kappa shape index (κ2) is 8.93. The summed E-state index contributed by atoms with van der Waals surface area (Å²) in [5, 5.41) is 12.4. The fourth-order valence-electron chi connectivity index (χ4n) is 5.82. The molecule has 3 aliphatic rings. The highest BCUT2D eigenvalue weighted by molar-refractivity contribution is 6.05. The Morgan fingerprint density at radius 1 is 1.02 bits per heavy atom. The lowest BCUT2D eigenvalue weighted by Gasteiger charge is -2.31. The number of amides is 1. The van der Waals surface area contributed by atoms with Crippen LogP contribution in [0.25, 0.3) is 11.3 Å². The van der Waals surface area contributed by atoms with Crippen LogP contribution in [-0.2, 0) is 17.0 Å². The average molecular weight is 535 g/mol. The minimum Gasteiger partial charge on any atom is -0.488 e. The van der Waals surface area contributed by atoms with Crippen LogP contribution >= 0.6 is 0 Å². The van der Waals surface area contributed by atoms with Gasteiger partial charge in [0.05, 0.1) is 11.4 Å². The summed E-state index contributed by atoms with van der Waals surface area (Å²) in [5.41, 5.74) is 3.49. The third-order valence-corrected chi connectivity index (χ3v) is 7.84. The maximum absolute atomic E-state index is 14.1. The van der Waals surface area contributed by atoms with Gasteiger partial charge in [0.25, 0.3) is 5.91 Å². The van der Waals surface area contributed by atoms with Gasteiger partial charge in [-0.25, -0.2) is 0 Å². The maximum atomic E-state index is 14.1. The molecule has 4 heterocycles. The Morgan fingerprint density at radius 2 is 1.82 bits per heavy atom. The number of nitrogens with zero attached hydrogens (tertiary/aromatic N) is 2. The van der Waals surface area contributed by atoms with E-state index in [9.17, 15) is 14.7 Å². The van der Waals surface area contributed by atoms with Crippen LogP contribution in [0.4, 0.5) is 5.69 Å². The van der Waals surface area contributed by atoms with Gasteiger partial charge in [0, 0.05) is 40.6 Å². The third kappa shape index (κ3) is 3.53. The van der Waals surface area contributed by atoms with E-state index < -0.39 is 17.5 Å². The second-order valence-electron chi connectivity index (χ2n) is 10.3. The monoisotopic (exact) mass is 534 g/mol. The number of ketones is 1. The van der Waals surface area contributed by atoms with Gasteiger partial charge < -0.3 is 24.2 Å². The molecule has 0 aliphatic carbocycles. The molecule has 200 valence electrons. The first-order valence-electron chi connectivity index (χ1n) is 13.2. The number of hydrogen-bond acceptors (Lipinski definition) is 7. The van der Waals surface area contributed by atoms with Gasteiger partial charge >= 0.3 is 0 Å². The Labute approximate surface area is 230 Å². The minimum absolute atomic E-state index is 0.0476. The van der Waals surface area contributed by atoms with E-state index in [0.717, 1.165) is 28.1 Å². The number of rotatable bonds is 4. The van der Waals surface area contributed by atoms with E-state index in [4.69, 9.17) is 19.2 Å². The van der Waals surface area contributed by atoms with Crippen molar-refractivity contribution in [3.05, 3.63) is 101 Å². The number of carbonyl (C=O) groups excluding carboxylic acids is 2. The number of ether oxygens (including phenoxy) is 3. The highest BCUT2D eigenvalue weighted by Crippen LogP contribution is 2.48. The number of aromatic nitrogens is 1. The lowest BCUT2D eigenvalue weighted by atomic mass is 9.80. The van der Waals surface area contributed by atoms with Crippen molar-refractivity contribution in [1.82, 2.24) is 4.98 Å². The predicted molar refractivity (Wildman–Crippen MR) is 147 cm³/mol. The molecule has 0 radical (unpaired) electrons. The number of Topliss-reactive ketones (excluding diaryl/α,β-unsaturated/α-hetero) is 1. The molecule has 1 amide bonds. The Bertz CT molecular complexity index is 1720. The molecule has 0 saturated carbocycles. The van der Waals surface area contributed by atoms with E-state index in [1.807, 2.05) is 38.1 Å². The first kappa shape index (κ1) is 24.4. The third-order valence-electron chi connectivity index (χ3n) is 7.84. The largest absolute Gasteiger partial charge is 0.488 e.